The molecular weight excluding hydrogens is 390 g/mol. The molecule has 4 rings (SSSR count). The molecule has 2 aromatic rings. The molecular formula is C18H16F2N4O5. The van der Waals surface area contributed by atoms with Gasteiger partial charge < -0.3 is 15.3 Å². The number of carbonyl (C=O) groups is 2. The number of halogens is 2. The van der Waals surface area contributed by atoms with Gasteiger partial charge in [0.25, 0.3) is 0 Å². The number of nitrogens with one attached hydrogen (secondary N) is 1. The van der Waals surface area contributed by atoms with Gasteiger partial charge in [0.2, 0.25) is 5.91 Å². The second kappa shape index (κ2) is 6.76. The number of amides is 2. The lowest BCUT2D eigenvalue weighted by Gasteiger charge is -2.15. The summed E-state index contributed by atoms with van der Waals surface area (Å²) in [5.41, 5.74) is -0.501. The summed E-state index contributed by atoms with van der Waals surface area (Å²) < 4.78 is 36.2. The number of imidazole rings is 1. The van der Waals surface area contributed by atoms with Crippen LogP contribution in [-0.2, 0) is 16.1 Å². The predicted molar refractivity (Wildman–Crippen MR) is 96.4 cm³/mol. The molecule has 2 aliphatic heterocycles. The minimum absolute atomic E-state index is 0.0185. The Morgan fingerprint density at radius 1 is 1.31 bits per heavy atom. The van der Waals surface area contributed by atoms with Gasteiger partial charge in [0.1, 0.15) is 17.7 Å². The van der Waals surface area contributed by atoms with E-state index >= 15 is 0 Å². The molecule has 0 aliphatic carbocycles. The van der Waals surface area contributed by atoms with Crippen molar-refractivity contribution in [3.05, 3.63) is 51.7 Å². The van der Waals surface area contributed by atoms with Gasteiger partial charge in [0.05, 0.1) is 42.8 Å². The number of allylic oxidation sites excluding steroid dienone is 1. The van der Waals surface area contributed by atoms with E-state index < -0.39 is 29.5 Å². The Kier molecular flexibility index (Phi) is 4.36. The van der Waals surface area contributed by atoms with Crippen LogP contribution in [-0.4, -0.2) is 45.7 Å². The number of nitrogens with zero attached hydrogens (tertiary/aromatic N) is 3. The van der Waals surface area contributed by atoms with Crippen LogP contribution in [0.3, 0.4) is 0 Å². The Bertz CT molecular complexity index is 1100. The van der Waals surface area contributed by atoms with Gasteiger partial charge in [-0.15, -0.1) is 4.73 Å². The lowest BCUT2D eigenvalue weighted by Crippen LogP contribution is -2.33. The first-order chi connectivity index (χ1) is 13.7. The van der Waals surface area contributed by atoms with Gasteiger partial charge in [-0.2, -0.15) is 0 Å². The summed E-state index contributed by atoms with van der Waals surface area (Å²) in [5, 5.41) is 11.9. The van der Waals surface area contributed by atoms with Gasteiger partial charge in [-0.3, -0.25) is 14.3 Å². The maximum Gasteiger partial charge on any atom is 0.414 e. The molecule has 0 saturated carbocycles. The van der Waals surface area contributed by atoms with Crippen molar-refractivity contribution in [1.82, 2.24) is 14.6 Å². The molecule has 2 aliphatic rings. The predicted octanol–water partition coefficient (Wildman–Crippen LogP) is 1.18. The summed E-state index contributed by atoms with van der Waals surface area (Å²) in [6, 6.07) is 2.03. The highest BCUT2D eigenvalue weighted by atomic mass is 19.1. The van der Waals surface area contributed by atoms with Crippen molar-refractivity contribution in [2.24, 2.45) is 0 Å². The summed E-state index contributed by atoms with van der Waals surface area (Å²) >= 11 is 0. The van der Waals surface area contributed by atoms with Gasteiger partial charge in [0, 0.05) is 6.92 Å². The third-order valence-corrected chi connectivity index (χ3v) is 4.76. The van der Waals surface area contributed by atoms with Crippen LogP contribution in [0, 0.1) is 11.6 Å². The van der Waals surface area contributed by atoms with Crippen LogP contribution in [0.4, 0.5) is 19.3 Å². The molecule has 1 atom stereocenters. The van der Waals surface area contributed by atoms with E-state index in [9.17, 15) is 28.4 Å². The third kappa shape index (κ3) is 3.24. The van der Waals surface area contributed by atoms with Crippen molar-refractivity contribution in [2.75, 3.05) is 18.0 Å². The normalized spacial score (nSPS) is 17.9. The highest BCUT2D eigenvalue weighted by Crippen LogP contribution is 2.33. The molecule has 9 nitrogen and oxygen atoms in total. The summed E-state index contributed by atoms with van der Waals surface area (Å²) in [6.45, 7) is 1.34. The highest BCUT2D eigenvalue weighted by Gasteiger charge is 2.34. The molecule has 0 radical (unpaired) electrons. The fourth-order valence-electron chi connectivity index (χ4n) is 3.42. The molecule has 1 fully saturated rings. The Hall–Kier alpha value is -3.63. The first-order valence-corrected chi connectivity index (χ1v) is 8.68. The Morgan fingerprint density at radius 2 is 2.00 bits per heavy atom. The first kappa shape index (κ1) is 18.7. The van der Waals surface area contributed by atoms with Crippen molar-refractivity contribution in [3.8, 4) is 0 Å². The van der Waals surface area contributed by atoms with Gasteiger partial charge in [-0.1, -0.05) is 0 Å². The molecule has 2 amide bonds. The lowest BCUT2D eigenvalue weighted by molar-refractivity contribution is -0.119. The maximum atomic E-state index is 14.7. The molecule has 11 heteroatoms. The number of fused-ring (bicyclic) bond motifs is 1. The number of hydrogen-bond acceptors (Lipinski definition) is 5. The summed E-state index contributed by atoms with van der Waals surface area (Å²) in [4.78, 5) is 35.9. The van der Waals surface area contributed by atoms with Crippen LogP contribution in [0.15, 0.2) is 23.1 Å². The van der Waals surface area contributed by atoms with Crippen molar-refractivity contribution in [1.29, 1.82) is 0 Å². The molecule has 2 N–H and O–H groups in total. The van der Waals surface area contributed by atoms with Crippen LogP contribution >= 0.6 is 0 Å². The largest absolute Gasteiger partial charge is 0.442 e. The summed E-state index contributed by atoms with van der Waals surface area (Å²) in [7, 11) is 0. The van der Waals surface area contributed by atoms with Gasteiger partial charge in [-0.25, -0.2) is 18.4 Å². The maximum absolute atomic E-state index is 14.7. The average Bonchev–Trinajstić information content (AvgIpc) is 3.28. The molecule has 152 valence electrons. The molecule has 0 bridgehead atoms. The summed E-state index contributed by atoms with van der Waals surface area (Å²) in [6.07, 6.45) is 1.14. The number of cyclic esters (lactones) is 1. The van der Waals surface area contributed by atoms with Gasteiger partial charge >= 0.3 is 11.8 Å². The van der Waals surface area contributed by atoms with Crippen LogP contribution < -0.4 is 15.9 Å². The zero-order valence-electron chi connectivity index (χ0n) is 15.2. The van der Waals surface area contributed by atoms with Crippen molar-refractivity contribution in [2.45, 2.75) is 19.6 Å². The van der Waals surface area contributed by atoms with Crippen LogP contribution in [0.5, 0.6) is 0 Å². The first-order valence-electron chi connectivity index (χ1n) is 8.68. The van der Waals surface area contributed by atoms with Crippen molar-refractivity contribution >= 4 is 29.3 Å². The Labute approximate surface area is 162 Å². The van der Waals surface area contributed by atoms with E-state index in [0.29, 0.717) is 10.4 Å². The Morgan fingerprint density at radius 3 is 2.62 bits per heavy atom. The molecule has 0 unspecified atom stereocenters. The van der Waals surface area contributed by atoms with Gasteiger partial charge in [0.15, 0.2) is 0 Å². The summed E-state index contributed by atoms with van der Waals surface area (Å²) in [5.74, 6) is -2.09. The van der Waals surface area contributed by atoms with Gasteiger partial charge in [-0.05, 0) is 23.8 Å². The fraction of sp³-hybridized carbons (Fsp3) is 0.278. The van der Waals surface area contributed by atoms with E-state index in [-0.39, 0.29) is 42.4 Å². The number of aromatic nitrogens is 2. The Balaban J connectivity index is 1.59. The number of carbonyl (C=O) groups excluding carboxylic acids is 2. The van der Waals surface area contributed by atoms with E-state index in [4.69, 9.17) is 4.74 Å². The van der Waals surface area contributed by atoms with E-state index in [2.05, 4.69) is 5.32 Å². The van der Waals surface area contributed by atoms with E-state index in [0.717, 1.165) is 23.2 Å². The molecule has 0 spiro atoms. The zero-order valence-corrected chi connectivity index (χ0v) is 15.2. The van der Waals surface area contributed by atoms with E-state index in [1.807, 2.05) is 0 Å². The quantitative estimate of drug-likeness (QED) is 0.742. The van der Waals surface area contributed by atoms with Crippen molar-refractivity contribution in [3.63, 3.8) is 0 Å². The fourth-order valence-corrected chi connectivity index (χ4v) is 3.42. The third-order valence-electron chi connectivity index (χ3n) is 4.76. The number of anilines is 1. The second-order valence-corrected chi connectivity index (χ2v) is 6.77. The molecule has 1 saturated heterocycles. The molecule has 29 heavy (non-hydrogen) atoms. The number of rotatable bonds is 4. The minimum atomic E-state index is -0.903. The highest BCUT2D eigenvalue weighted by molar-refractivity contribution is 5.91. The van der Waals surface area contributed by atoms with Crippen LogP contribution in [0.25, 0.3) is 11.6 Å². The minimum Gasteiger partial charge on any atom is -0.442 e. The molecule has 1 aromatic heterocycles. The topological polar surface area (TPSA) is 106 Å². The lowest BCUT2D eigenvalue weighted by atomic mass is 10.0. The second-order valence-electron chi connectivity index (χ2n) is 6.77. The molecule has 1 aromatic carbocycles. The zero-order chi connectivity index (χ0) is 20.9. The standard InChI is InChI=1S/C18H16F2N4O5/c1-9(25)21-5-13-8-23(18(27)29-13)11-3-14(19)16(15(20)4-11)10-2-12-7-24(28)17(26)22(12)6-10/h2-4,7,13,28H,5-6,8H2,1H3,(H,21,25)/t13-/m0/s1. The van der Waals surface area contributed by atoms with Crippen LogP contribution in [0.1, 0.15) is 18.2 Å². The SMILES string of the molecule is CC(=O)NC[C@H]1CN(c2cc(F)c(C3=Cc4cn(O)c(=O)n4C3)c(F)c2)C(=O)O1. The van der Waals surface area contributed by atoms with E-state index in [1.165, 1.54) is 17.6 Å². The smallest absolute Gasteiger partial charge is 0.414 e. The number of hydrogen-bond donors (Lipinski definition) is 2. The average molecular weight is 406 g/mol. The number of ether oxygens (including phenoxy) is 1. The molecule has 3 heterocycles. The number of benzene rings is 1. The van der Waals surface area contributed by atoms with Crippen molar-refractivity contribution < 1.29 is 28.3 Å². The van der Waals surface area contributed by atoms with E-state index in [1.54, 1.807) is 0 Å². The monoisotopic (exact) mass is 406 g/mol. The van der Waals surface area contributed by atoms with Crippen LogP contribution in [0.2, 0.25) is 0 Å².